The van der Waals surface area contributed by atoms with Gasteiger partial charge in [0.2, 0.25) is 0 Å². The van der Waals surface area contributed by atoms with Gasteiger partial charge in [0.25, 0.3) is 0 Å². The molecule has 0 aromatic heterocycles. The van der Waals surface area contributed by atoms with Crippen molar-refractivity contribution in [2.45, 2.75) is 71.9 Å². The number of methoxy groups -OCH3 is 1. The van der Waals surface area contributed by atoms with E-state index in [-0.39, 0.29) is 5.60 Å². The highest BCUT2D eigenvalue weighted by molar-refractivity contribution is 5.31. The van der Waals surface area contributed by atoms with E-state index in [1.165, 1.54) is 23.1 Å². The van der Waals surface area contributed by atoms with Crippen LogP contribution in [0.4, 0.5) is 0 Å². The molecule has 2 heteroatoms. The van der Waals surface area contributed by atoms with Crippen LogP contribution < -0.4 is 5.32 Å². The summed E-state index contributed by atoms with van der Waals surface area (Å²) in [7, 11) is 1.80. The van der Waals surface area contributed by atoms with Crippen molar-refractivity contribution in [3.05, 3.63) is 34.9 Å². The van der Waals surface area contributed by atoms with Gasteiger partial charge in [0.1, 0.15) is 0 Å². The molecule has 0 amide bonds. The Morgan fingerprint density at radius 1 is 1.24 bits per heavy atom. The zero-order valence-corrected chi connectivity index (χ0v) is 14.8. The van der Waals surface area contributed by atoms with Gasteiger partial charge in [0.15, 0.2) is 0 Å². The first-order valence-corrected chi connectivity index (χ1v) is 8.22. The van der Waals surface area contributed by atoms with E-state index in [1.807, 2.05) is 0 Å². The van der Waals surface area contributed by atoms with Crippen LogP contribution in [0.1, 0.15) is 56.7 Å². The quantitative estimate of drug-likeness (QED) is 0.727. The molecule has 1 aromatic rings. The zero-order chi connectivity index (χ0) is 15.9. The van der Waals surface area contributed by atoms with Crippen LogP contribution in [0.2, 0.25) is 0 Å². The number of hydrogen-bond acceptors (Lipinski definition) is 2. The highest BCUT2D eigenvalue weighted by Crippen LogP contribution is 2.20. The predicted octanol–water partition coefficient (Wildman–Crippen LogP) is 4.42. The number of ether oxygens (including phenoxy) is 1. The highest BCUT2D eigenvalue weighted by Gasteiger charge is 2.19. The molecule has 1 aromatic carbocycles. The molecule has 0 aliphatic carbocycles. The average Bonchev–Trinajstić information content (AvgIpc) is 2.45. The maximum Gasteiger partial charge on any atom is 0.0623 e. The second-order valence-electron chi connectivity index (χ2n) is 6.79. The molecule has 1 atom stereocenters. The normalized spacial score (nSPS) is 13.4. The molecule has 0 spiro atoms. The van der Waals surface area contributed by atoms with E-state index >= 15 is 0 Å². The van der Waals surface area contributed by atoms with Gasteiger partial charge in [-0.05, 0) is 71.0 Å². The summed E-state index contributed by atoms with van der Waals surface area (Å²) in [5.41, 5.74) is 4.18. The van der Waals surface area contributed by atoms with E-state index in [2.05, 4.69) is 58.1 Å². The molecular weight excluding hydrogens is 258 g/mol. The molecule has 0 aliphatic rings. The molecule has 0 radical (unpaired) electrons. The Balaban J connectivity index is 2.70. The Kier molecular flexibility index (Phi) is 7.41. The first-order valence-electron chi connectivity index (χ1n) is 8.22. The molecule has 1 N–H and O–H groups in total. The topological polar surface area (TPSA) is 21.3 Å². The Bertz CT molecular complexity index is 426. The van der Waals surface area contributed by atoms with Crippen LogP contribution in [-0.4, -0.2) is 25.3 Å². The molecular formula is C19H33NO. The fourth-order valence-electron chi connectivity index (χ4n) is 2.53. The van der Waals surface area contributed by atoms with E-state index in [4.69, 9.17) is 4.74 Å². The third-order valence-electron chi connectivity index (χ3n) is 4.30. The lowest BCUT2D eigenvalue weighted by atomic mass is 9.93. The highest BCUT2D eigenvalue weighted by atomic mass is 16.5. The molecule has 0 saturated carbocycles. The zero-order valence-electron chi connectivity index (χ0n) is 14.8. The third kappa shape index (κ3) is 6.62. The smallest absolute Gasteiger partial charge is 0.0623 e. The van der Waals surface area contributed by atoms with Crippen molar-refractivity contribution in [2.24, 2.45) is 0 Å². The standard InChI is InChI=1S/C19H33NO/c1-7-12-20-18(10-11-19(4,5)21-6)14-17-13-15(2)8-9-16(17)3/h8-9,13,18,20H,7,10-12,14H2,1-6H3. The number of aryl methyl sites for hydroxylation is 2. The van der Waals surface area contributed by atoms with Crippen molar-refractivity contribution in [1.29, 1.82) is 0 Å². The van der Waals surface area contributed by atoms with Crippen LogP contribution in [-0.2, 0) is 11.2 Å². The van der Waals surface area contributed by atoms with Gasteiger partial charge in [0, 0.05) is 13.2 Å². The van der Waals surface area contributed by atoms with Gasteiger partial charge in [-0.25, -0.2) is 0 Å². The summed E-state index contributed by atoms with van der Waals surface area (Å²) < 4.78 is 5.56. The van der Waals surface area contributed by atoms with Gasteiger partial charge in [-0.3, -0.25) is 0 Å². The van der Waals surface area contributed by atoms with Crippen LogP contribution >= 0.6 is 0 Å². The van der Waals surface area contributed by atoms with E-state index < -0.39 is 0 Å². The van der Waals surface area contributed by atoms with E-state index in [0.29, 0.717) is 6.04 Å². The molecule has 0 saturated heterocycles. The Labute approximate surface area is 131 Å². The SMILES string of the molecule is CCCNC(CCC(C)(C)OC)Cc1cc(C)ccc1C. The van der Waals surface area contributed by atoms with Gasteiger partial charge < -0.3 is 10.1 Å². The largest absolute Gasteiger partial charge is 0.379 e. The fraction of sp³-hybridized carbons (Fsp3) is 0.684. The maximum atomic E-state index is 5.56. The second-order valence-corrected chi connectivity index (χ2v) is 6.79. The maximum absolute atomic E-state index is 5.56. The summed E-state index contributed by atoms with van der Waals surface area (Å²) in [4.78, 5) is 0. The van der Waals surface area contributed by atoms with E-state index in [0.717, 1.165) is 25.8 Å². The lowest BCUT2D eigenvalue weighted by Crippen LogP contribution is -2.35. The summed E-state index contributed by atoms with van der Waals surface area (Å²) in [5, 5.41) is 3.71. The molecule has 2 nitrogen and oxygen atoms in total. The molecule has 21 heavy (non-hydrogen) atoms. The number of nitrogens with one attached hydrogen (secondary N) is 1. The van der Waals surface area contributed by atoms with Gasteiger partial charge in [-0.2, -0.15) is 0 Å². The third-order valence-corrected chi connectivity index (χ3v) is 4.30. The van der Waals surface area contributed by atoms with Crippen molar-refractivity contribution in [3.63, 3.8) is 0 Å². The molecule has 0 fully saturated rings. The second kappa shape index (κ2) is 8.55. The predicted molar refractivity (Wildman–Crippen MR) is 92.0 cm³/mol. The lowest BCUT2D eigenvalue weighted by molar-refractivity contribution is 0.0117. The molecule has 120 valence electrons. The van der Waals surface area contributed by atoms with Crippen molar-refractivity contribution >= 4 is 0 Å². The number of rotatable bonds is 9. The number of hydrogen-bond donors (Lipinski definition) is 1. The summed E-state index contributed by atoms with van der Waals surface area (Å²) in [6, 6.07) is 7.29. The van der Waals surface area contributed by atoms with E-state index in [1.54, 1.807) is 7.11 Å². The molecule has 0 heterocycles. The van der Waals surface area contributed by atoms with Crippen LogP contribution in [0.15, 0.2) is 18.2 Å². The van der Waals surface area contributed by atoms with E-state index in [9.17, 15) is 0 Å². The minimum absolute atomic E-state index is 0.0339. The van der Waals surface area contributed by atoms with Crippen LogP contribution in [0.25, 0.3) is 0 Å². The van der Waals surface area contributed by atoms with Crippen molar-refractivity contribution in [3.8, 4) is 0 Å². The summed E-state index contributed by atoms with van der Waals surface area (Å²) in [5.74, 6) is 0. The Hall–Kier alpha value is -0.860. The van der Waals surface area contributed by atoms with Gasteiger partial charge in [-0.15, -0.1) is 0 Å². The fourth-order valence-corrected chi connectivity index (χ4v) is 2.53. The van der Waals surface area contributed by atoms with Crippen molar-refractivity contribution < 1.29 is 4.74 Å². The first-order chi connectivity index (χ1) is 9.88. The summed E-state index contributed by atoms with van der Waals surface area (Å²) >= 11 is 0. The molecule has 0 bridgehead atoms. The lowest BCUT2D eigenvalue weighted by Gasteiger charge is -2.27. The van der Waals surface area contributed by atoms with Gasteiger partial charge in [0.05, 0.1) is 5.60 Å². The first kappa shape index (κ1) is 18.2. The monoisotopic (exact) mass is 291 g/mol. The molecule has 1 rings (SSSR count). The molecule has 0 aliphatic heterocycles. The van der Waals surface area contributed by atoms with Crippen LogP contribution in [0.3, 0.4) is 0 Å². The van der Waals surface area contributed by atoms with Crippen molar-refractivity contribution in [1.82, 2.24) is 5.32 Å². The minimum Gasteiger partial charge on any atom is -0.379 e. The van der Waals surface area contributed by atoms with Gasteiger partial charge >= 0.3 is 0 Å². The van der Waals surface area contributed by atoms with Crippen LogP contribution in [0, 0.1) is 13.8 Å². The number of benzene rings is 1. The Morgan fingerprint density at radius 3 is 2.57 bits per heavy atom. The molecule has 1 unspecified atom stereocenters. The van der Waals surface area contributed by atoms with Gasteiger partial charge in [-0.1, -0.05) is 30.7 Å². The summed E-state index contributed by atoms with van der Waals surface area (Å²) in [6.45, 7) is 12.0. The minimum atomic E-state index is -0.0339. The average molecular weight is 291 g/mol. The Morgan fingerprint density at radius 2 is 1.95 bits per heavy atom. The summed E-state index contributed by atoms with van der Waals surface area (Å²) in [6.07, 6.45) is 4.51. The van der Waals surface area contributed by atoms with Crippen molar-refractivity contribution in [2.75, 3.05) is 13.7 Å². The van der Waals surface area contributed by atoms with Crippen LogP contribution in [0.5, 0.6) is 0 Å².